The third kappa shape index (κ3) is 3.67. The van der Waals surface area contributed by atoms with Gasteiger partial charge in [-0.25, -0.2) is 8.42 Å². The second-order valence-electron chi connectivity index (χ2n) is 6.02. The molecule has 0 N–H and O–H groups in total. The number of allylic oxidation sites excluding steroid dienone is 1. The van der Waals surface area contributed by atoms with Gasteiger partial charge in [0.2, 0.25) is 0 Å². The SMILES string of the molecule is CS(=O)(=O)c1snnc1[C@H]1CCCN(C[C@H]2CCC=CO2)C1. The number of sulfone groups is 1. The van der Waals surface area contributed by atoms with Gasteiger partial charge < -0.3 is 4.74 Å². The number of aromatic nitrogens is 2. The first kappa shape index (κ1) is 15.9. The van der Waals surface area contributed by atoms with Crippen molar-refractivity contribution in [3.05, 3.63) is 18.0 Å². The zero-order chi connectivity index (χ0) is 15.6. The van der Waals surface area contributed by atoms with Crippen LogP contribution in [0.25, 0.3) is 0 Å². The minimum atomic E-state index is -3.24. The Bertz CT molecular complexity index is 642. The summed E-state index contributed by atoms with van der Waals surface area (Å²) >= 11 is 0.986. The zero-order valence-electron chi connectivity index (χ0n) is 12.6. The van der Waals surface area contributed by atoms with Crippen LogP contribution in [0.5, 0.6) is 0 Å². The quantitative estimate of drug-likeness (QED) is 0.830. The third-order valence-corrected chi connectivity index (χ3v) is 6.75. The van der Waals surface area contributed by atoms with Crippen molar-refractivity contribution >= 4 is 21.4 Å². The van der Waals surface area contributed by atoms with Gasteiger partial charge in [0.05, 0.1) is 12.0 Å². The van der Waals surface area contributed by atoms with Gasteiger partial charge in [0.25, 0.3) is 0 Å². The number of hydrogen-bond acceptors (Lipinski definition) is 7. The lowest BCUT2D eigenvalue weighted by Gasteiger charge is -2.34. The molecule has 1 fully saturated rings. The maximum Gasteiger partial charge on any atom is 0.188 e. The van der Waals surface area contributed by atoms with E-state index in [-0.39, 0.29) is 12.0 Å². The summed E-state index contributed by atoms with van der Waals surface area (Å²) in [6, 6.07) is 0. The molecular formula is C14H21N3O3S2. The zero-order valence-corrected chi connectivity index (χ0v) is 14.3. The van der Waals surface area contributed by atoms with Crippen LogP contribution in [-0.4, -0.2) is 54.9 Å². The Labute approximate surface area is 135 Å². The number of piperidine rings is 1. The average Bonchev–Trinajstić information content (AvgIpc) is 2.98. The van der Waals surface area contributed by atoms with Crippen molar-refractivity contribution in [2.75, 3.05) is 25.9 Å². The highest BCUT2D eigenvalue weighted by Crippen LogP contribution is 2.32. The Balaban J connectivity index is 1.68. The molecule has 1 aromatic rings. The minimum absolute atomic E-state index is 0.149. The second-order valence-corrected chi connectivity index (χ2v) is 8.99. The van der Waals surface area contributed by atoms with Gasteiger partial charge in [-0.3, -0.25) is 4.90 Å². The summed E-state index contributed by atoms with van der Waals surface area (Å²) in [5.41, 5.74) is 0.654. The van der Waals surface area contributed by atoms with Crippen LogP contribution in [0.15, 0.2) is 16.5 Å². The summed E-state index contributed by atoms with van der Waals surface area (Å²) in [5, 5.41) is 4.11. The van der Waals surface area contributed by atoms with Crippen LogP contribution in [0.3, 0.4) is 0 Å². The van der Waals surface area contributed by atoms with E-state index in [1.807, 2.05) is 0 Å². The van der Waals surface area contributed by atoms with Crippen LogP contribution < -0.4 is 0 Å². The van der Waals surface area contributed by atoms with E-state index in [0.717, 1.165) is 56.9 Å². The second kappa shape index (κ2) is 6.64. The molecule has 1 saturated heterocycles. The van der Waals surface area contributed by atoms with Crippen molar-refractivity contribution < 1.29 is 13.2 Å². The van der Waals surface area contributed by atoms with Crippen molar-refractivity contribution in [3.8, 4) is 0 Å². The maximum atomic E-state index is 11.8. The lowest BCUT2D eigenvalue weighted by molar-refractivity contribution is 0.0669. The van der Waals surface area contributed by atoms with Crippen molar-refractivity contribution in [1.82, 2.24) is 14.5 Å². The number of nitrogens with zero attached hydrogens (tertiary/aromatic N) is 3. The Morgan fingerprint density at radius 2 is 2.32 bits per heavy atom. The fraction of sp³-hybridized carbons (Fsp3) is 0.714. The van der Waals surface area contributed by atoms with E-state index < -0.39 is 9.84 Å². The van der Waals surface area contributed by atoms with Crippen LogP contribution in [0.4, 0.5) is 0 Å². The van der Waals surface area contributed by atoms with E-state index in [1.165, 1.54) is 6.26 Å². The summed E-state index contributed by atoms with van der Waals surface area (Å²) in [6.45, 7) is 2.76. The van der Waals surface area contributed by atoms with Crippen molar-refractivity contribution in [3.63, 3.8) is 0 Å². The van der Waals surface area contributed by atoms with Crippen LogP contribution in [0.2, 0.25) is 0 Å². The normalized spacial score (nSPS) is 26.8. The number of likely N-dealkylation sites (tertiary alicyclic amines) is 1. The molecule has 2 aliphatic heterocycles. The summed E-state index contributed by atoms with van der Waals surface area (Å²) in [6.07, 6.45) is 9.45. The summed E-state index contributed by atoms with van der Waals surface area (Å²) in [7, 11) is -3.24. The number of hydrogen-bond donors (Lipinski definition) is 0. The molecule has 0 unspecified atom stereocenters. The molecule has 0 radical (unpaired) electrons. The van der Waals surface area contributed by atoms with Gasteiger partial charge in [-0.15, -0.1) is 5.10 Å². The van der Waals surface area contributed by atoms with Gasteiger partial charge >= 0.3 is 0 Å². The predicted octanol–water partition coefficient (Wildman–Crippen LogP) is 1.81. The summed E-state index contributed by atoms with van der Waals surface area (Å²) < 4.78 is 33.5. The molecule has 2 atom stereocenters. The van der Waals surface area contributed by atoms with Gasteiger partial charge in [-0.2, -0.15) is 0 Å². The molecule has 122 valence electrons. The van der Waals surface area contributed by atoms with Gasteiger partial charge in [-0.1, -0.05) is 4.49 Å². The first-order chi connectivity index (χ1) is 10.5. The molecule has 2 aliphatic rings. The van der Waals surface area contributed by atoms with Gasteiger partial charge in [-0.05, 0) is 38.3 Å². The first-order valence-electron chi connectivity index (χ1n) is 7.59. The monoisotopic (exact) mass is 343 g/mol. The number of rotatable bonds is 4. The molecular weight excluding hydrogens is 322 g/mol. The topological polar surface area (TPSA) is 72.4 Å². The van der Waals surface area contributed by atoms with Crippen LogP contribution in [0, 0.1) is 0 Å². The van der Waals surface area contributed by atoms with E-state index in [2.05, 4.69) is 20.6 Å². The minimum Gasteiger partial charge on any atom is -0.497 e. The molecule has 3 heterocycles. The summed E-state index contributed by atoms with van der Waals surface area (Å²) in [5.74, 6) is 0.149. The molecule has 0 bridgehead atoms. The van der Waals surface area contributed by atoms with E-state index in [0.29, 0.717) is 9.90 Å². The lowest BCUT2D eigenvalue weighted by atomic mass is 9.95. The fourth-order valence-corrected chi connectivity index (χ4v) is 4.88. The Morgan fingerprint density at radius 3 is 3.05 bits per heavy atom. The molecule has 0 aromatic carbocycles. The summed E-state index contributed by atoms with van der Waals surface area (Å²) in [4.78, 5) is 2.36. The molecule has 1 aromatic heterocycles. The van der Waals surface area contributed by atoms with E-state index in [9.17, 15) is 8.42 Å². The molecule has 3 rings (SSSR count). The molecule has 0 saturated carbocycles. The smallest absolute Gasteiger partial charge is 0.188 e. The molecule has 22 heavy (non-hydrogen) atoms. The number of ether oxygens (including phenoxy) is 1. The Kier molecular flexibility index (Phi) is 4.79. The molecule has 8 heteroatoms. The van der Waals surface area contributed by atoms with Gasteiger partial charge in [0.15, 0.2) is 14.0 Å². The van der Waals surface area contributed by atoms with E-state index in [4.69, 9.17) is 4.74 Å². The van der Waals surface area contributed by atoms with Crippen molar-refractivity contribution in [2.45, 2.75) is 41.9 Å². The average molecular weight is 343 g/mol. The van der Waals surface area contributed by atoms with Crippen molar-refractivity contribution in [2.24, 2.45) is 0 Å². The van der Waals surface area contributed by atoms with Gasteiger partial charge in [0.1, 0.15) is 6.10 Å². The Hall–Kier alpha value is -0.990. The first-order valence-corrected chi connectivity index (χ1v) is 10.3. The highest BCUT2D eigenvalue weighted by atomic mass is 32.2. The van der Waals surface area contributed by atoms with E-state index >= 15 is 0 Å². The highest BCUT2D eigenvalue weighted by molar-refractivity contribution is 7.92. The van der Waals surface area contributed by atoms with Crippen LogP contribution >= 0.6 is 11.5 Å². The third-order valence-electron chi connectivity index (χ3n) is 4.19. The van der Waals surface area contributed by atoms with Gasteiger partial charge in [0, 0.05) is 36.8 Å². The largest absolute Gasteiger partial charge is 0.497 e. The van der Waals surface area contributed by atoms with E-state index in [1.54, 1.807) is 6.26 Å². The Morgan fingerprint density at radius 1 is 1.45 bits per heavy atom. The van der Waals surface area contributed by atoms with Crippen LogP contribution in [-0.2, 0) is 14.6 Å². The van der Waals surface area contributed by atoms with Crippen LogP contribution in [0.1, 0.15) is 37.3 Å². The highest BCUT2D eigenvalue weighted by Gasteiger charge is 2.30. The standard InChI is InChI=1S/C14H21N3O3S2/c1-22(18,19)14-13(15-16-21-14)11-5-4-7-17(9-11)10-12-6-2-3-8-20-12/h3,8,11-12H,2,4-7,9-10H2,1H3/t11-,12+/m0/s1. The lowest BCUT2D eigenvalue weighted by Crippen LogP contribution is -2.40. The maximum absolute atomic E-state index is 11.8. The fourth-order valence-electron chi connectivity index (χ4n) is 3.15. The molecule has 6 nitrogen and oxygen atoms in total. The molecule has 0 spiro atoms. The molecule has 0 aliphatic carbocycles. The van der Waals surface area contributed by atoms with Crippen molar-refractivity contribution in [1.29, 1.82) is 0 Å². The predicted molar refractivity (Wildman–Crippen MR) is 84.7 cm³/mol. The molecule has 0 amide bonds.